The molecule has 1 unspecified atom stereocenters. The van der Waals surface area contributed by atoms with Crippen LogP contribution in [0.3, 0.4) is 0 Å². The number of nitrogens with zero attached hydrogens (tertiary/aromatic N) is 2. The van der Waals surface area contributed by atoms with E-state index in [1.165, 1.54) is 16.7 Å². The molecule has 5 nitrogen and oxygen atoms in total. The molecule has 0 aliphatic carbocycles. The summed E-state index contributed by atoms with van der Waals surface area (Å²) in [4.78, 5) is 4.32. The lowest BCUT2D eigenvalue weighted by molar-refractivity contribution is -0.0139. The van der Waals surface area contributed by atoms with Crippen LogP contribution >= 0.6 is 0 Å². The van der Waals surface area contributed by atoms with Crippen LogP contribution in [0.5, 0.6) is 0 Å². The smallest absolute Gasteiger partial charge is 0.128 e. The van der Waals surface area contributed by atoms with Gasteiger partial charge in [-0.3, -0.25) is 5.41 Å². The summed E-state index contributed by atoms with van der Waals surface area (Å²) in [5.41, 5.74) is 4.24. The quantitative estimate of drug-likeness (QED) is 0.603. The van der Waals surface area contributed by atoms with Crippen LogP contribution in [0.15, 0.2) is 48.5 Å². The number of fused-ring (bicyclic) bond motifs is 1. The predicted molar refractivity (Wildman–Crippen MR) is 115 cm³/mol. The lowest BCUT2D eigenvalue weighted by atomic mass is 9.81. The van der Waals surface area contributed by atoms with Crippen molar-refractivity contribution in [3.05, 3.63) is 70.8 Å². The van der Waals surface area contributed by atoms with Gasteiger partial charge in [0.1, 0.15) is 11.4 Å². The highest BCUT2D eigenvalue weighted by Crippen LogP contribution is 2.45. The molecule has 1 fully saturated rings. The Morgan fingerprint density at radius 2 is 1.86 bits per heavy atom. The molecule has 2 aliphatic heterocycles. The molecule has 2 heterocycles. The molecular formula is C24H31N3O2. The maximum atomic E-state index is 8.63. The van der Waals surface area contributed by atoms with Crippen molar-refractivity contribution in [3.8, 4) is 0 Å². The topological polar surface area (TPSA) is 48.8 Å². The van der Waals surface area contributed by atoms with E-state index in [1.54, 1.807) is 0 Å². The zero-order chi connectivity index (χ0) is 20.3. The lowest BCUT2D eigenvalue weighted by Gasteiger charge is -2.31. The van der Waals surface area contributed by atoms with Gasteiger partial charge in [-0.15, -0.1) is 0 Å². The third kappa shape index (κ3) is 4.08. The third-order valence-corrected chi connectivity index (χ3v) is 5.99. The van der Waals surface area contributed by atoms with Gasteiger partial charge in [-0.2, -0.15) is 0 Å². The lowest BCUT2D eigenvalue weighted by Crippen LogP contribution is -2.40. The Labute approximate surface area is 173 Å². The highest BCUT2D eigenvalue weighted by Gasteiger charge is 2.41. The fourth-order valence-corrected chi connectivity index (χ4v) is 4.44. The first-order chi connectivity index (χ1) is 14.1. The second-order valence-corrected chi connectivity index (χ2v) is 8.21. The van der Waals surface area contributed by atoms with Crippen LogP contribution in [0.2, 0.25) is 0 Å². The predicted octanol–water partition coefficient (Wildman–Crippen LogP) is 3.46. The second-order valence-electron chi connectivity index (χ2n) is 8.21. The fraction of sp³-hybridized carbons (Fsp3) is 0.458. The number of nitrogens with one attached hydrogen (secondary N) is 1. The molecule has 0 aromatic heterocycles. The van der Waals surface area contributed by atoms with Gasteiger partial charge in [0.25, 0.3) is 0 Å². The molecular weight excluding hydrogens is 362 g/mol. The Morgan fingerprint density at radius 3 is 2.59 bits per heavy atom. The van der Waals surface area contributed by atoms with Crippen LogP contribution in [-0.2, 0) is 21.7 Å². The van der Waals surface area contributed by atoms with E-state index >= 15 is 0 Å². The molecule has 1 saturated heterocycles. The van der Waals surface area contributed by atoms with Crippen molar-refractivity contribution in [1.29, 1.82) is 5.41 Å². The van der Waals surface area contributed by atoms with Crippen LogP contribution in [0, 0.1) is 5.41 Å². The summed E-state index contributed by atoms with van der Waals surface area (Å²) in [6.07, 6.45) is 2.01. The minimum absolute atomic E-state index is 0.397. The van der Waals surface area contributed by atoms with E-state index in [0.29, 0.717) is 25.7 Å². The second kappa shape index (κ2) is 8.66. The molecule has 1 atom stereocenters. The Kier molecular flexibility index (Phi) is 5.99. The summed E-state index contributed by atoms with van der Waals surface area (Å²) in [5.74, 6) is 0.584. The van der Waals surface area contributed by atoms with Crippen molar-refractivity contribution in [2.75, 3.05) is 46.9 Å². The summed E-state index contributed by atoms with van der Waals surface area (Å²) in [6, 6.07) is 17.0. The van der Waals surface area contributed by atoms with E-state index in [9.17, 15) is 0 Å². The maximum Gasteiger partial charge on any atom is 0.128 e. The molecule has 0 spiro atoms. The summed E-state index contributed by atoms with van der Waals surface area (Å²) in [7, 11) is 4.23. The number of morpholine rings is 1. The molecule has 5 heteroatoms. The monoisotopic (exact) mass is 393 g/mol. The third-order valence-electron chi connectivity index (χ3n) is 5.99. The Bertz CT molecular complexity index is 846. The van der Waals surface area contributed by atoms with Gasteiger partial charge >= 0.3 is 0 Å². The number of amidine groups is 1. The van der Waals surface area contributed by atoms with E-state index in [1.807, 2.05) is 0 Å². The first-order valence-corrected chi connectivity index (χ1v) is 10.5. The molecule has 2 aromatic carbocycles. The molecule has 29 heavy (non-hydrogen) atoms. The minimum atomic E-state index is -0.397. The van der Waals surface area contributed by atoms with E-state index in [2.05, 4.69) is 72.4 Å². The van der Waals surface area contributed by atoms with E-state index < -0.39 is 5.60 Å². The average molecular weight is 394 g/mol. The van der Waals surface area contributed by atoms with Crippen molar-refractivity contribution in [3.63, 3.8) is 0 Å². The van der Waals surface area contributed by atoms with Crippen LogP contribution in [0.25, 0.3) is 0 Å². The molecule has 0 bridgehead atoms. The Hall–Kier alpha value is -2.21. The first-order valence-electron chi connectivity index (χ1n) is 10.5. The number of rotatable bonds is 6. The number of hydrogen-bond donors (Lipinski definition) is 1. The number of ether oxygens (including phenoxy) is 2. The summed E-state index contributed by atoms with van der Waals surface area (Å²) in [6.45, 7) is 4.58. The Balaban J connectivity index is 1.64. The zero-order valence-corrected chi connectivity index (χ0v) is 17.5. The van der Waals surface area contributed by atoms with Crippen LogP contribution < -0.4 is 0 Å². The van der Waals surface area contributed by atoms with Gasteiger partial charge in [-0.1, -0.05) is 42.5 Å². The minimum Gasteiger partial charge on any atom is -0.378 e. The van der Waals surface area contributed by atoms with Crippen LogP contribution in [0.1, 0.15) is 35.1 Å². The van der Waals surface area contributed by atoms with Gasteiger partial charge in [0.15, 0.2) is 0 Å². The van der Waals surface area contributed by atoms with Crippen LogP contribution in [0.4, 0.5) is 0 Å². The van der Waals surface area contributed by atoms with Crippen molar-refractivity contribution >= 4 is 5.84 Å². The standard InChI is InChI=1S/C24H31N3O2/c1-26(2)12-6-11-24(21-7-4-3-5-8-21)22-10-9-19(17-20(22)18-29-24)23(25)27-13-15-28-16-14-27/h3-5,7-10,17,25H,6,11-16,18H2,1-2H3. The Morgan fingerprint density at radius 1 is 1.10 bits per heavy atom. The molecule has 4 rings (SSSR count). The first kappa shape index (κ1) is 20.1. The van der Waals surface area contributed by atoms with Crippen molar-refractivity contribution in [1.82, 2.24) is 9.80 Å². The summed E-state index contributed by atoms with van der Waals surface area (Å²) in [5, 5.41) is 8.63. The normalized spacial score (nSPS) is 21.4. The highest BCUT2D eigenvalue weighted by atomic mass is 16.5. The molecule has 2 aromatic rings. The van der Waals surface area contributed by atoms with Crippen molar-refractivity contribution < 1.29 is 9.47 Å². The highest BCUT2D eigenvalue weighted by molar-refractivity contribution is 5.96. The van der Waals surface area contributed by atoms with Gasteiger partial charge in [-0.25, -0.2) is 0 Å². The number of benzene rings is 2. The molecule has 1 N–H and O–H groups in total. The average Bonchev–Trinajstić information content (AvgIpc) is 3.13. The van der Waals surface area contributed by atoms with Gasteiger partial charge in [0, 0.05) is 18.7 Å². The number of hydrogen-bond acceptors (Lipinski definition) is 4. The van der Waals surface area contributed by atoms with E-state index in [4.69, 9.17) is 14.9 Å². The van der Waals surface area contributed by atoms with Crippen molar-refractivity contribution in [2.24, 2.45) is 0 Å². The van der Waals surface area contributed by atoms with Crippen molar-refractivity contribution in [2.45, 2.75) is 25.0 Å². The van der Waals surface area contributed by atoms with Gasteiger partial charge in [0.2, 0.25) is 0 Å². The van der Waals surface area contributed by atoms with Gasteiger partial charge in [-0.05, 0) is 56.2 Å². The fourth-order valence-electron chi connectivity index (χ4n) is 4.44. The zero-order valence-electron chi connectivity index (χ0n) is 17.5. The molecule has 0 amide bonds. The van der Waals surface area contributed by atoms with E-state index in [-0.39, 0.29) is 0 Å². The molecule has 0 radical (unpaired) electrons. The van der Waals surface area contributed by atoms with E-state index in [0.717, 1.165) is 38.0 Å². The molecule has 0 saturated carbocycles. The molecule has 2 aliphatic rings. The summed E-state index contributed by atoms with van der Waals surface area (Å²) < 4.78 is 12.0. The largest absolute Gasteiger partial charge is 0.378 e. The maximum absolute atomic E-state index is 8.63. The van der Waals surface area contributed by atoms with Gasteiger partial charge < -0.3 is 19.3 Å². The summed E-state index contributed by atoms with van der Waals surface area (Å²) >= 11 is 0. The molecule has 154 valence electrons. The van der Waals surface area contributed by atoms with Gasteiger partial charge in [0.05, 0.1) is 19.8 Å². The van der Waals surface area contributed by atoms with Crippen LogP contribution in [-0.4, -0.2) is 62.6 Å². The SMILES string of the molecule is CN(C)CCCC1(c2ccccc2)OCc2cc(C(=N)N3CCOCC3)ccc21.